The van der Waals surface area contributed by atoms with Crippen molar-refractivity contribution in [3.8, 4) is 0 Å². The minimum absolute atomic E-state index is 0.0288. The summed E-state index contributed by atoms with van der Waals surface area (Å²) >= 11 is 0. The van der Waals surface area contributed by atoms with E-state index in [1.54, 1.807) is 37.4 Å². The van der Waals surface area contributed by atoms with Gasteiger partial charge in [0.05, 0.1) is 10.9 Å². The van der Waals surface area contributed by atoms with Gasteiger partial charge >= 0.3 is 0 Å². The highest BCUT2D eigenvalue weighted by Gasteiger charge is 2.20. The molecule has 0 fully saturated rings. The van der Waals surface area contributed by atoms with Gasteiger partial charge in [-0.25, -0.2) is 12.7 Å². The molecule has 1 N–H and O–H groups in total. The number of nitrogens with zero attached hydrogens (tertiary/aromatic N) is 1. The van der Waals surface area contributed by atoms with Crippen LogP contribution in [0.25, 0.3) is 0 Å². The number of nitrogens with one attached hydrogen (secondary N) is 1. The van der Waals surface area contributed by atoms with Crippen molar-refractivity contribution < 1.29 is 13.2 Å². The van der Waals surface area contributed by atoms with E-state index >= 15 is 0 Å². The van der Waals surface area contributed by atoms with Crippen LogP contribution in [0, 0.1) is 13.8 Å². The van der Waals surface area contributed by atoms with Crippen LogP contribution in [0.3, 0.4) is 0 Å². The Morgan fingerprint density at radius 1 is 1.11 bits per heavy atom. The van der Waals surface area contributed by atoms with Gasteiger partial charge in [-0.05, 0) is 49.9 Å². The zero-order chi connectivity index (χ0) is 20.7. The van der Waals surface area contributed by atoms with Crippen molar-refractivity contribution in [2.24, 2.45) is 0 Å². The molecule has 0 saturated carbocycles. The molecule has 0 heterocycles. The standard InChI is InChI=1S/C22H30N2O3S/c1-5-21(20-14-13-17(2)16-18(20)3)23-22(25)12-9-15-24(4)28(26,27)19-10-7-6-8-11-19/h6-8,10-11,13-14,16,21H,5,9,12,15H2,1-4H3,(H,23,25)/t21-/m1/s1. The summed E-state index contributed by atoms with van der Waals surface area (Å²) in [5.41, 5.74) is 3.50. The Labute approximate surface area is 168 Å². The smallest absolute Gasteiger partial charge is 0.242 e. The predicted octanol–water partition coefficient (Wildman–Crippen LogP) is 3.97. The van der Waals surface area contributed by atoms with Crippen molar-refractivity contribution >= 4 is 15.9 Å². The molecule has 0 aromatic heterocycles. The van der Waals surface area contributed by atoms with E-state index in [1.165, 1.54) is 15.4 Å². The summed E-state index contributed by atoms with van der Waals surface area (Å²) in [6.45, 7) is 6.45. The number of hydrogen-bond acceptors (Lipinski definition) is 3. The maximum atomic E-state index is 12.5. The summed E-state index contributed by atoms with van der Waals surface area (Å²) in [7, 11) is -1.97. The van der Waals surface area contributed by atoms with Crippen LogP contribution in [0.15, 0.2) is 53.4 Å². The molecule has 0 aliphatic carbocycles. The van der Waals surface area contributed by atoms with Crippen LogP contribution in [0.5, 0.6) is 0 Å². The van der Waals surface area contributed by atoms with Gasteiger partial charge in [0, 0.05) is 20.0 Å². The average molecular weight is 403 g/mol. The molecule has 0 bridgehead atoms. The number of amides is 1. The first-order valence-electron chi connectivity index (χ1n) is 9.63. The van der Waals surface area contributed by atoms with E-state index in [-0.39, 0.29) is 23.3 Å². The Morgan fingerprint density at radius 3 is 2.39 bits per heavy atom. The molecule has 2 aromatic carbocycles. The molecule has 0 spiro atoms. The van der Waals surface area contributed by atoms with Crippen molar-refractivity contribution in [1.82, 2.24) is 9.62 Å². The fourth-order valence-electron chi connectivity index (χ4n) is 3.24. The summed E-state index contributed by atoms with van der Waals surface area (Å²) in [6, 6.07) is 14.6. The summed E-state index contributed by atoms with van der Waals surface area (Å²) in [4.78, 5) is 12.7. The first kappa shape index (κ1) is 22.1. The zero-order valence-corrected chi connectivity index (χ0v) is 17.9. The van der Waals surface area contributed by atoms with Gasteiger partial charge in [0.1, 0.15) is 0 Å². The molecule has 1 amide bonds. The lowest BCUT2D eigenvalue weighted by Gasteiger charge is -2.21. The number of carbonyl (C=O) groups excluding carboxylic acids is 1. The molecule has 6 heteroatoms. The van der Waals surface area contributed by atoms with E-state index < -0.39 is 10.0 Å². The Balaban J connectivity index is 1.89. The molecule has 28 heavy (non-hydrogen) atoms. The van der Waals surface area contributed by atoms with Gasteiger partial charge in [-0.2, -0.15) is 0 Å². The molecule has 1 atom stereocenters. The van der Waals surface area contributed by atoms with E-state index in [0.29, 0.717) is 13.0 Å². The fraction of sp³-hybridized carbons (Fsp3) is 0.409. The highest BCUT2D eigenvalue weighted by molar-refractivity contribution is 7.89. The lowest BCUT2D eigenvalue weighted by Crippen LogP contribution is -2.31. The normalized spacial score (nSPS) is 12.8. The first-order chi connectivity index (χ1) is 13.3. The maximum Gasteiger partial charge on any atom is 0.242 e. The van der Waals surface area contributed by atoms with Gasteiger partial charge in [0.15, 0.2) is 0 Å². The third-order valence-electron chi connectivity index (χ3n) is 4.87. The molecule has 0 radical (unpaired) electrons. The predicted molar refractivity (Wildman–Crippen MR) is 113 cm³/mol. The van der Waals surface area contributed by atoms with Crippen LogP contribution < -0.4 is 5.32 Å². The van der Waals surface area contributed by atoms with Crippen molar-refractivity contribution in [3.63, 3.8) is 0 Å². The summed E-state index contributed by atoms with van der Waals surface area (Å²) < 4.78 is 26.3. The molecular weight excluding hydrogens is 372 g/mol. The molecular formula is C22H30N2O3S. The molecule has 2 aromatic rings. The molecule has 0 unspecified atom stereocenters. The van der Waals surface area contributed by atoms with Gasteiger partial charge in [-0.15, -0.1) is 0 Å². The van der Waals surface area contributed by atoms with Crippen LogP contribution >= 0.6 is 0 Å². The Bertz CT molecular complexity index is 895. The Morgan fingerprint density at radius 2 is 1.79 bits per heavy atom. The van der Waals surface area contributed by atoms with Crippen LogP contribution in [-0.4, -0.2) is 32.2 Å². The lowest BCUT2D eigenvalue weighted by molar-refractivity contribution is -0.122. The number of hydrogen-bond donors (Lipinski definition) is 1. The third kappa shape index (κ3) is 5.66. The minimum Gasteiger partial charge on any atom is -0.349 e. The van der Waals surface area contributed by atoms with Gasteiger partial charge < -0.3 is 5.32 Å². The molecule has 5 nitrogen and oxygen atoms in total. The van der Waals surface area contributed by atoms with Crippen LogP contribution in [0.4, 0.5) is 0 Å². The second kappa shape index (κ2) is 9.85. The largest absolute Gasteiger partial charge is 0.349 e. The van der Waals surface area contributed by atoms with Gasteiger partial charge in [-0.1, -0.05) is 48.9 Å². The van der Waals surface area contributed by atoms with Gasteiger partial charge in [0.25, 0.3) is 0 Å². The number of sulfonamides is 1. The first-order valence-corrected chi connectivity index (χ1v) is 11.1. The second-order valence-corrected chi connectivity index (χ2v) is 9.18. The molecule has 152 valence electrons. The van der Waals surface area contributed by atoms with Gasteiger partial charge in [0.2, 0.25) is 15.9 Å². The van der Waals surface area contributed by atoms with Crippen molar-refractivity contribution in [2.75, 3.05) is 13.6 Å². The summed E-state index contributed by atoms with van der Waals surface area (Å²) in [5.74, 6) is -0.0580. The van der Waals surface area contributed by atoms with Crippen LogP contribution in [0.1, 0.15) is 48.9 Å². The number of benzene rings is 2. The van der Waals surface area contributed by atoms with E-state index in [4.69, 9.17) is 0 Å². The minimum atomic E-state index is -3.52. The fourth-order valence-corrected chi connectivity index (χ4v) is 4.47. The second-order valence-electron chi connectivity index (χ2n) is 7.13. The monoisotopic (exact) mass is 402 g/mol. The highest BCUT2D eigenvalue weighted by atomic mass is 32.2. The molecule has 0 aliphatic heterocycles. The molecule has 0 saturated heterocycles. The summed E-state index contributed by atoms with van der Waals surface area (Å²) in [6.07, 6.45) is 1.56. The van der Waals surface area contributed by atoms with Crippen LogP contribution in [0.2, 0.25) is 0 Å². The zero-order valence-electron chi connectivity index (χ0n) is 17.1. The lowest BCUT2D eigenvalue weighted by atomic mass is 9.97. The Kier molecular flexibility index (Phi) is 7.78. The summed E-state index contributed by atoms with van der Waals surface area (Å²) in [5, 5.41) is 3.08. The molecule has 2 rings (SSSR count). The Hall–Kier alpha value is -2.18. The number of aryl methyl sites for hydroxylation is 2. The number of rotatable bonds is 9. The van der Waals surface area contributed by atoms with E-state index in [1.807, 2.05) is 6.92 Å². The van der Waals surface area contributed by atoms with E-state index in [0.717, 1.165) is 12.0 Å². The highest BCUT2D eigenvalue weighted by Crippen LogP contribution is 2.22. The van der Waals surface area contributed by atoms with Crippen molar-refractivity contribution in [3.05, 3.63) is 65.2 Å². The van der Waals surface area contributed by atoms with Crippen molar-refractivity contribution in [1.29, 1.82) is 0 Å². The number of carbonyl (C=O) groups is 1. The quantitative estimate of drug-likeness (QED) is 0.690. The molecule has 0 aliphatic rings. The topological polar surface area (TPSA) is 66.5 Å². The maximum absolute atomic E-state index is 12.5. The van der Waals surface area contributed by atoms with Crippen LogP contribution in [-0.2, 0) is 14.8 Å². The third-order valence-corrected chi connectivity index (χ3v) is 6.74. The SMILES string of the molecule is CC[C@@H](NC(=O)CCCN(C)S(=O)(=O)c1ccccc1)c1ccc(C)cc1C. The van der Waals surface area contributed by atoms with E-state index in [2.05, 4.69) is 37.4 Å². The van der Waals surface area contributed by atoms with Crippen molar-refractivity contribution in [2.45, 2.75) is 51.0 Å². The van der Waals surface area contributed by atoms with E-state index in [9.17, 15) is 13.2 Å². The van der Waals surface area contributed by atoms with Gasteiger partial charge in [-0.3, -0.25) is 4.79 Å². The average Bonchev–Trinajstić information content (AvgIpc) is 2.67.